The minimum atomic E-state index is 0.139. The van der Waals surface area contributed by atoms with Crippen molar-refractivity contribution in [3.05, 3.63) is 44.7 Å². The molecular formula is C13H13BrClNS. The fourth-order valence-corrected chi connectivity index (χ4v) is 3.75. The lowest BCUT2D eigenvalue weighted by Gasteiger charge is -2.05. The van der Waals surface area contributed by atoms with Crippen LogP contribution in [0.25, 0.3) is 10.4 Å². The second-order valence-electron chi connectivity index (χ2n) is 3.84. The van der Waals surface area contributed by atoms with Gasteiger partial charge in [0.05, 0.1) is 0 Å². The fourth-order valence-electron chi connectivity index (χ4n) is 1.59. The van der Waals surface area contributed by atoms with E-state index in [1.54, 1.807) is 11.3 Å². The molecule has 17 heavy (non-hydrogen) atoms. The molecule has 0 saturated carbocycles. The third-order valence-electron chi connectivity index (χ3n) is 2.63. The molecule has 1 nitrogen and oxygen atoms in total. The zero-order valence-corrected chi connectivity index (χ0v) is 12.6. The van der Waals surface area contributed by atoms with E-state index in [2.05, 4.69) is 35.0 Å². The quantitative estimate of drug-likeness (QED) is 0.818. The van der Waals surface area contributed by atoms with Gasteiger partial charge in [-0.15, -0.1) is 11.3 Å². The van der Waals surface area contributed by atoms with E-state index in [1.165, 1.54) is 9.75 Å². The van der Waals surface area contributed by atoms with Crippen LogP contribution in [-0.2, 0) is 0 Å². The number of hydrogen-bond donors (Lipinski definition) is 1. The van der Waals surface area contributed by atoms with Crippen LogP contribution in [-0.4, -0.2) is 0 Å². The maximum Gasteiger partial charge on any atom is 0.0417 e. The van der Waals surface area contributed by atoms with Crippen LogP contribution in [0.1, 0.15) is 24.3 Å². The third-order valence-corrected chi connectivity index (χ3v) is 4.77. The number of benzene rings is 1. The van der Waals surface area contributed by atoms with Gasteiger partial charge in [-0.2, -0.15) is 0 Å². The lowest BCUT2D eigenvalue weighted by Crippen LogP contribution is -2.05. The van der Waals surface area contributed by atoms with Gasteiger partial charge in [0.15, 0.2) is 0 Å². The maximum atomic E-state index is 6.03. The van der Waals surface area contributed by atoms with Gasteiger partial charge in [-0.1, -0.05) is 40.5 Å². The average Bonchev–Trinajstić information content (AvgIpc) is 2.77. The topological polar surface area (TPSA) is 26.0 Å². The molecule has 1 aromatic carbocycles. The van der Waals surface area contributed by atoms with E-state index in [4.69, 9.17) is 17.3 Å². The Morgan fingerprint density at radius 2 is 2.12 bits per heavy atom. The van der Waals surface area contributed by atoms with E-state index >= 15 is 0 Å². The van der Waals surface area contributed by atoms with Crippen molar-refractivity contribution < 1.29 is 0 Å². The van der Waals surface area contributed by atoms with Gasteiger partial charge >= 0.3 is 0 Å². The van der Waals surface area contributed by atoms with Gasteiger partial charge < -0.3 is 5.73 Å². The average molecular weight is 331 g/mol. The lowest BCUT2D eigenvalue weighted by molar-refractivity contribution is 0.712. The van der Waals surface area contributed by atoms with E-state index in [9.17, 15) is 0 Å². The molecule has 0 aliphatic rings. The third kappa shape index (κ3) is 2.91. The van der Waals surface area contributed by atoms with Gasteiger partial charge in [-0.3, -0.25) is 0 Å². The highest BCUT2D eigenvalue weighted by atomic mass is 79.9. The van der Waals surface area contributed by atoms with Crippen LogP contribution < -0.4 is 5.73 Å². The first-order valence-corrected chi connectivity index (χ1v) is 7.41. The molecule has 0 bridgehead atoms. The number of halogens is 2. The van der Waals surface area contributed by atoms with Crippen LogP contribution >= 0.6 is 38.9 Å². The Hall–Kier alpha value is -0.350. The van der Waals surface area contributed by atoms with E-state index in [1.807, 2.05) is 18.2 Å². The Balaban J connectivity index is 2.37. The van der Waals surface area contributed by atoms with Gasteiger partial charge in [-0.25, -0.2) is 0 Å². The van der Waals surface area contributed by atoms with Crippen LogP contribution in [0.4, 0.5) is 0 Å². The van der Waals surface area contributed by atoms with Gasteiger partial charge in [0.1, 0.15) is 0 Å². The molecule has 90 valence electrons. The Labute approximate surface area is 119 Å². The summed E-state index contributed by atoms with van der Waals surface area (Å²) in [6, 6.07) is 10.2. The summed E-state index contributed by atoms with van der Waals surface area (Å²) in [6.07, 6.45) is 0.960. The van der Waals surface area contributed by atoms with Crippen molar-refractivity contribution in [1.29, 1.82) is 0 Å². The van der Waals surface area contributed by atoms with Gasteiger partial charge in [0, 0.05) is 30.9 Å². The van der Waals surface area contributed by atoms with Crippen molar-refractivity contribution in [3.63, 3.8) is 0 Å². The zero-order chi connectivity index (χ0) is 12.4. The van der Waals surface area contributed by atoms with E-state index in [-0.39, 0.29) is 6.04 Å². The van der Waals surface area contributed by atoms with Crippen molar-refractivity contribution in [2.24, 2.45) is 5.73 Å². The van der Waals surface area contributed by atoms with Gasteiger partial charge in [0.2, 0.25) is 0 Å². The summed E-state index contributed by atoms with van der Waals surface area (Å²) < 4.78 is 1.02. The van der Waals surface area contributed by atoms with Crippen molar-refractivity contribution >= 4 is 38.9 Å². The van der Waals surface area contributed by atoms with Crippen LogP contribution in [0.2, 0.25) is 5.02 Å². The van der Waals surface area contributed by atoms with Crippen LogP contribution in [0.5, 0.6) is 0 Å². The van der Waals surface area contributed by atoms with Crippen molar-refractivity contribution in [2.45, 2.75) is 19.4 Å². The summed E-state index contributed by atoms with van der Waals surface area (Å²) >= 11 is 11.2. The van der Waals surface area contributed by atoms with E-state index < -0.39 is 0 Å². The fraction of sp³-hybridized carbons (Fsp3) is 0.231. The molecule has 0 spiro atoms. The molecule has 1 heterocycles. The highest BCUT2D eigenvalue weighted by molar-refractivity contribution is 9.10. The largest absolute Gasteiger partial charge is 0.323 e. The minimum absolute atomic E-state index is 0.139. The minimum Gasteiger partial charge on any atom is -0.323 e. The van der Waals surface area contributed by atoms with E-state index in [0.29, 0.717) is 0 Å². The lowest BCUT2D eigenvalue weighted by atomic mass is 10.2. The molecule has 1 unspecified atom stereocenters. The van der Waals surface area contributed by atoms with Crippen molar-refractivity contribution in [2.75, 3.05) is 0 Å². The zero-order valence-electron chi connectivity index (χ0n) is 9.41. The molecule has 0 aliphatic carbocycles. The summed E-state index contributed by atoms with van der Waals surface area (Å²) in [5.74, 6) is 0. The molecule has 0 radical (unpaired) electrons. The number of nitrogens with two attached hydrogens (primary N) is 1. The summed E-state index contributed by atoms with van der Waals surface area (Å²) in [5.41, 5.74) is 7.19. The molecule has 1 atom stereocenters. The standard InChI is InChI=1S/C13H13BrClNS/c1-2-11(16)13-6-5-12(17-13)9-4-3-8(15)7-10(9)14/h3-7,11H,2,16H2,1H3. The predicted octanol–water partition coefficient (Wildman–Crippen LogP) is 5.24. The molecule has 4 heteroatoms. The Morgan fingerprint density at radius 3 is 2.76 bits per heavy atom. The van der Waals surface area contributed by atoms with Crippen LogP contribution in [0, 0.1) is 0 Å². The highest BCUT2D eigenvalue weighted by Crippen LogP contribution is 2.36. The predicted molar refractivity (Wildman–Crippen MR) is 79.7 cm³/mol. The molecule has 0 aliphatic heterocycles. The molecule has 2 N–H and O–H groups in total. The molecule has 2 aromatic rings. The Morgan fingerprint density at radius 1 is 1.35 bits per heavy atom. The highest BCUT2D eigenvalue weighted by Gasteiger charge is 2.10. The van der Waals surface area contributed by atoms with Gasteiger partial charge in [-0.05, 0) is 30.7 Å². The normalized spacial score (nSPS) is 12.7. The molecule has 2 rings (SSSR count). The SMILES string of the molecule is CCC(N)c1ccc(-c2ccc(Cl)cc2Br)s1. The number of rotatable bonds is 3. The Bertz CT molecular complexity index is 524. The second-order valence-corrected chi connectivity index (χ2v) is 6.25. The summed E-state index contributed by atoms with van der Waals surface area (Å²) in [5, 5.41) is 0.739. The second kappa shape index (κ2) is 5.53. The summed E-state index contributed by atoms with van der Waals surface area (Å²) in [4.78, 5) is 2.44. The molecular weight excluding hydrogens is 318 g/mol. The molecule has 1 aromatic heterocycles. The first kappa shape index (κ1) is 13.1. The maximum absolute atomic E-state index is 6.03. The number of thiophene rings is 1. The first-order valence-electron chi connectivity index (χ1n) is 5.42. The van der Waals surface area contributed by atoms with Crippen molar-refractivity contribution in [3.8, 4) is 10.4 Å². The molecule has 0 amide bonds. The van der Waals surface area contributed by atoms with Crippen molar-refractivity contribution in [1.82, 2.24) is 0 Å². The van der Waals surface area contributed by atoms with E-state index in [0.717, 1.165) is 21.5 Å². The summed E-state index contributed by atoms with van der Waals surface area (Å²) in [7, 11) is 0. The molecule has 0 fully saturated rings. The summed E-state index contributed by atoms with van der Waals surface area (Å²) in [6.45, 7) is 2.10. The Kier molecular flexibility index (Phi) is 4.26. The number of hydrogen-bond acceptors (Lipinski definition) is 2. The monoisotopic (exact) mass is 329 g/mol. The first-order chi connectivity index (χ1) is 8.11. The smallest absolute Gasteiger partial charge is 0.0417 e. The van der Waals surface area contributed by atoms with Crippen LogP contribution in [0.3, 0.4) is 0 Å². The van der Waals surface area contributed by atoms with Gasteiger partial charge in [0.25, 0.3) is 0 Å². The molecule has 0 saturated heterocycles. The van der Waals surface area contributed by atoms with Crippen LogP contribution in [0.15, 0.2) is 34.8 Å².